The number of hydrogen-bond acceptors (Lipinski definition) is 4. The van der Waals surface area contributed by atoms with Gasteiger partial charge < -0.3 is 9.47 Å². The van der Waals surface area contributed by atoms with Crippen LogP contribution in [0.1, 0.15) is 67.9 Å². The molecule has 2 aromatic rings. The molecule has 190 valence electrons. The van der Waals surface area contributed by atoms with Crippen LogP contribution in [0.3, 0.4) is 0 Å². The molecule has 0 bridgehead atoms. The molecular weight excluding hydrogens is 448 g/mol. The third kappa shape index (κ3) is 5.04. The maximum absolute atomic E-state index is 13.8. The Morgan fingerprint density at radius 1 is 1.17 bits per heavy atom. The lowest BCUT2D eigenvalue weighted by molar-refractivity contribution is -0.136. The number of ketones is 2. The minimum atomic E-state index is -0.645. The summed E-state index contributed by atoms with van der Waals surface area (Å²) in [6.45, 7) is 10.8. The second-order valence-corrected chi connectivity index (χ2v) is 10.5. The lowest BCUT2D eigenvalue weighted by atomic mass is 9.55. The molecule has 0 saturated heterocycles. The molecule has 4 atom stereocenters. The number of benzene rings is 2. The van der Waals surface area contributed by atoms with Crippen LogP contribution in [0.25, 0.3) is 5.76 Å². The van der Waals surface area contributed by atoms with Crippen LogP contribution in [0.5, 0.6) is 5.75 Å². The van der Waals surface area contributed by atoms with E-state index in [1.54, 1.807) is 7.11 Å². The first-order valence-electron chi connectivity index (χ1n) is 13.1. The number of fused-ring (bicyclic) bond motifs is 1. The average molecular weight is 487 g/mol. The fourth-order valence-electron chi connectivity index (χ4n) is 6.06. The molecule has 0 N–H and O–H groups in total. The number of hydrogen-bond donors (Lipinski definition) is 0. The summed E-state index contributed by atoms with van der Waals surface area (Å²) in [6, 6.07) is 15.7. The Bertz CT molecular complexity index is 1160. The Hall–Kier alpha value is -3.14. The summed E-state index contributed by atoms with van der Waals surface area (Å²) in [6.07, 6.45) is 5.46. The Kier molecular flexibility index (Phi) is 7.82. The van der Waals surface area contributed by atoms with Crippen LogP contribution in [0.2, 0.25) is 0 Å². The Labute approximate surface area is 215 Å². The zero-order chi connectivity index (χ0) is 25.9. The number of ether oxygens (including phenoxy) is 2. The molecule has 36 heavy (non-hydrogen) atoms. The van der Waals surface area contributed by atoms with Gasteiger partial charge in [0.25, 0.3) is 0 Å². The second kappa shape index (κ2) is 10.9. The largest absolute Gasteiger partial charge is 0.497 e. The SMILES string of the molecule is C=C(C)[C@H]1CC(=O)[C@](C)(C/C=C(/OCC)c2ccccc2)[C@@H]([C@@H]2CCc3cc(OC)ccc3C2=O)C1. The van der Waals surface area contributed by atoms with Crippen molar-refractivity contribution in [3.8, 4) is 5.75 Å². The minimum Gasteiger partial charge on any atom is -0.497 e. The summed E-state index contributed by atoms with van der Waals surface area (Å²) in [7, 11) is 1.64. The lowest BCUT2D eigenvalue weighted by Gasteiger charge is -2.47. The van der Waals surface area contributed by atoms with E-state index in [2.05, 4.69) is 19.6 Å². The number of methoxy groups -OCH3 is 1. The summed E-state index contributed by atoms with van der Waals surface area (Å²) >= 11 is 0. The first kappa shape index (κ1) is 25.9. The molecule has 0 aliphatic heterocycles. The van der Waals surface area contributed by atoms with Gasteiger partial charge in [-0.05, 0) is 81.2 Å². The summed E-state index contributed by atoms with van der Waals surface area (Å²) in [5.41, 5.74) is 3.19. The number of Topliss-reactive ketones (excluding diaryl/α,β-unsaturated/α-hetero) is 2. The Balaban J connectivity index is 1.70. The molecule has 4 nitrogen and oxygen atoms in total. The van der Waals surface area contributed by atoms with Gasteiger partial charge in [-0.25, -0.2) is 0 Å². The summed E-state index contributed by atoms with van der Waals surface area (Å²) in [5.74, 6) is 1.81. The van der Waals surface area contributed by atoms with Gasteiger partial charge in [-0.1, -0.05) is 49.4 Å². The van der Waals surface area contributed by atoms with E-state index in [0.29, 0.717) is 19.4 Å². The number of carbonyl (C=O) groups excluding carboxylic acids is 2. The van der Waals surface area contributed by atoms with Crippen molar-refractivity contribution < 1.29 is 19.1 Å². The maximum atomic E-state index is 13.8. The molecule has 4 heteroatoms. The molecule has 0 spiro atoms. The lowest BCUT2D eigenvalue weighted by Crippen LogP contribution is -2.48. The minimum absolute atomic E-state index is 0.0573. The highest BCUT2D eigenvalue weighted by Gasteiger charge is 2.51. The third-order valence-electron chi connectivity index (χ3n) is 8.32. The molecule has 4 rings (SSSR count). The molecule has 1 fully saturated rings. The quantitative estimate of drug-likeness (QED) is 0.295. The van der Waals surface area contributed by atoms with Gasteiger partial charge in [-0.3, -0.25) is 9.59 Å². The predicted octanol–water partition coefficient (Wildman–Crippen LogP) is 7.09. The van der Waals surface area contributed by atoms with E-state index >= 15 is 0 Å². The smallest absolute Gasteiger partial charge is 0.166 e. The van der Waals surface area contributed by atoms with E-state index in [4.69, 9.17) is 9.47 Å². The van der Waals surface area contributed by atoms with Crippen LogP contribution in [0.15, 0.2) is 66.8 Å². The van der Waals surface area contributed by atoms with Crippen molar-refractivity contribution in [3.05, 3.63) is 83.4 Å². The fourth-order valence-corrected chi connectivity index (χ4v) is 6.06. The van der Waals surface area contributed by atoms with Gasteiger partial charge in [0.1, 0.15) is 17.3 Å². The van der Waals surface area contributed by atoms with E-state index in [1.807, 2.05) is 62.4 Å². The topological polar surface area (TPSA) is 52.6 Å². The van der Waals surface area contributed by atoms with Crippen molar-refractivity contribution in [2.75, 3.05) is 13.7 Å². The number of aryl methyl sites for hydroxylation is 1. The van der Waals surface area contributed by atoms with Crippen LogP contribution in [-0.4, -0.2) is 25.3 Å². The average Bonchev–Trinajstić information content (AvgIpc) is 2.88. The monoisotopic (exact) mass is 486 g/mol. The van der Waals surface area contributed by atoms with Crippen molar-refractivity contribution in [1.82, 2.24) is 0 Å². The van der Waals surface area contributed by atoms with Crippen molar-refractivity contribution in [2.24, 2.45) is 23.2 Å². The van der Waals surface area contributed by atoms with E-state index in [-0.39, 0.29) is 29.3 Å². The molecular formula is C32H38O4. The molecule has 0 unspecified atom stereocenters. The number of allylic oxidation sites excluding steroid dienone is 2. The van der Waals surface area contributed by atoms with Crippen LogP contribution in [0, 0.1) is 23.2 Å². The molecule has 0 aromatic heterocycles. The van der Waals surface area contributed by atoms with Gasteiger partial charge in [0, 0.05) is 28.9 Å². The maximum Gasteiger partial charge on any atom is 0.166 e. The highest BCUT2D eigenvalue weighted by Crippen LogP contribution is 2.51. The van der Waals surface area contributed by atoms with E-state index in [1.165, 1.54) is 0 Å². The van der Waals surface area contributed by atoms with Crippen LogP contribution < -0.4 is 4.74 Å². The standard InChI is InChI=1S/C32H38O4/c1-6-36-29(22-10-8-7-9-11-22)16-17-32(4)28(19-24(21(2)3)20-30(32)33)27-14-12-23-18-25(35-5)13-15-26(23)31(27)34/h7-11,13,15-16,18,24,27-28H,2,6,12,14,17,19-20H2,1,3-5H3/b29-16+/t24-,27+,28-,32-/m1/s1. The molecule has 2 aliphatic carbocycles. The fraction of sp³-hybridized carbons (Fsp3) is 0.438. The summed E-state index contributed by atoms with van der Waals surface area (Å²) < 4.78 is 11.4. The first-order valence-corrected chi connectivity index (χ1v) is 13.1. The van der Waals surface area contributed by atoms with Gasteiger partial charge in [0.2, 0.25) is 0 Å². The molecule has 0 amide bonds. The Morgan fingerprint density at radius 3 is 2.58 bits per heavy atom. The second-order valence-electron chi connectivity index (χ2n) is 10.5. The highest BCUT2D eigenvalue weighted by atomic mass is 16.5. The first-order chi connectivity index (χ1) is 17.3. The van der Waals surface area contributed by atoms with Crippen molar-refractivity contribution in [2.45, 2.75) is 52.9 Å². The summed E-state index contributed by atoms with van der Waals surface area (Å²) in [4.78, 5) is 27.6. The zero-order valence-electron chi connectivity index (χ0n) is 22.0. The van der Waals surface area contributed by atoms with Gasteiger partial charge in [-0.15, -0.1) is 0 Å². The molecule has 0 radical (unpaired) electrons. The molecule has 1 saturated carbocycles. The van der Waals surface area contributed by atoms with Crippen molar-refractivity contribution in [1.29, 1.82) is 0 Å². The third-order valence-corrected chi connectivity index (χ3v) is 8.32. The molecule has 2 aromatic carbocycles. The number of rotatable bonds is 8. The van der Waals surface area contributed by atoms with Crippen LogP contribution in [0.4, 0.5) is 0 Å². The zero-order valence-corrected chi connectivity index (χ0v) is 22.0. The van der Waals surface area contributed by atoms with E-state index in [0.717, 1.165) is 53.0 Å². The van der Waals surface area contributed by atoms with E-state index in [9.17, 15) is 9.59 Å². The van der Waals surface area contributed by atoms with Crippen LogP contribution in [-0.2, 0) is 16.0 Å². The van der Waals surface area contributed by atoms with Gasteiger partial charge >= 0.3 is 0 Å². The number of carbonyl (C=O) groups is 2. The highest BCUT2D eigenvalue weighted by molar-refractivity contribution is 6.01. The molecule has 2 aliphatic rings. The molecule has 0 heterocycles. The summed E-state index contributed by atoms with van der Waals surface area (Å²) in [5, 5.41) is 0. The van der Waals surface area contributed by atoms with Crippen LogP contribution >= 0.6 is 0 Å². The predicted molar refractivity (Wildman–Crippen MR) is 144 cm³/mol. The van der Waals surface area contributed by atoms with E-state index < -0.39 is 5.41 Å². The Morgan fingerprint density at radius 2 is 1.92 bits per heavy atom. The van der Waals surface area contributed by atoms with Crippen molar-refractivity contribution in [3.63, 3.8) is 0 Å². The normalized spacial score (nSPS) is 26.3. The van der Waals surface area contributed by atoms with Gasteiger partial charge in [0.15, 0.2) is 5.78 Å². The van der Waals surface area contributed by atoms with Gasteiger partial charge in [-0.2, -0.15) is 0 Å². The van der Waals surface area contributed by atoms with Gasteiger partial charge in [0.05, 0.1) is 13.7 Å². The van der Waals surface area contributed by atoms with Crippen molar-refractivity contribution >= 4 is 17.3 Å².